The van der Waals surface area contributed by atoms with Crippen LogP contribution in [0.2, 0.25) is 0 Å². The van der Waals surface area contributed by atoms with Gasteiger partial charge in [0.2, 0.25) is 0 Å². The molecule has 2 rings (SSSR count). The molecule has 3 N–H and O–H groups in total. The van der Waals surface area contributed by atoms with Crippen LogP contribution in [0.15, 0.2) is 18.5 Å². The first kappa shape index (κ1) is 7.93. The largest absolute Gasteiger partial charge is 0.396 e. The molecule has 0 aliphatic carbocycles. The predicted octanol–water partition coefficient (Wildman–Crippen LogP) is -0.861. The first-order valence-electron chi connectivity index (χ1n) is 3.88. The lowest BCUT2D eigenvalue weighted by molar-refractivity contribution is 0.0422. The number of hydrogen-bond donors (Lipinski definition) is 2. The average Bonchev–Trinajstić information content (AvgIpc) is 2.67. The molecule has 0 aliphatic heterocycles. The van der Waals surface area contributed by atoms with Gasteiger partial charge in [-0.25, -0.2) is 0 Å². The molecule has 2 aromatic heterocycles. The van der Waals surface area contributed by atoms with Crippen molar-refractivity contribution in [2.45, 2.75) is 0 Å². The molecular weight excluding hydrogens is 172 g/mol. The van der Waals surface area contributed by atoms with Crippen molar-refractivity contribution in [1.82, 2.24) is 14.6 Å². The Labute approximate surface area is 74.1 Å². The van der Waals surface area contributed by atoms with Crippen LogP contribution in [0, 0.1) is 0 Å². The molecule has 0 aliphatic rings. The van der Waals surface area contributed by atoms with Crippen LogP contribution in [0.3, 0.4) is 0 Å². The first-order valence-corrected chi connectivity index (χ1v) is 3.88. The summed E-state index contributed by atoms with van der Waals surface area (Å²) in [7, 11) is 0. The zero-order chi connectivity index (χ0) is 9.26. The Morgan fingerprint density at radius 3 is 3.23 bits per heavy atom. The van der Waals surface area contributed by atoms with Crippen LogP contribution in [0.25, 0.3) is 5.52 Å². The van der Waals surface area contributed by atoms with Gasteiger partial charge >= 0.3 is 0 Å². The van der Waals surface area contributed by atoms with Gasteiger partial charge in [0.25, 0.3) is 0 Å². The molecule has 0 saturated carbocycles. The second kappa shape index (κ2) is 2.98. The van der Waals surface area contributed by atoms with E-state index in [0.717, 1.165) is 5.52 Å². The summed E-state index contributed by atoms with van der Waals surface area (Å²) in [5.41, 5.74) is 7.01. The fourth-order valence-corrected chi connectivity index (χ4v) is 1.11. The predicted molar refractivity (Wildman–Crippen MR) is 46.1 cm³/mol. The number of nitrogens with two attached hydrogens (primary N) is 1. The highest BCUT2D eigenvalue weighted by Crippen LogP contribution is 2.11. The van der Waals surface area contributed by atoms with Crippen LogP contribution < -0.4 is 10.6 Å². The molecule has 0 unspecified atom stereocenters. The molecule has 0 aromatic carbocycles. The minimum absolute atomic E-state index is 0.0313. The molecule has 0 saturated heterocycles. The number of fused-ring (bicyclic) bond motifs is 1. The van der Waals surface area contributed by atoms with E-state index in [9.17, 15) is 0 Å². The lowest BCUT2D eigenvalue weighted by Crippen LogP contribution is -2.19. The van der Waals surface area contributed by atoms with Gasteiger partial charge in [0.1, 0.15) is 12.1 Å². The van der Waals surface area contributed by atoms with Crippen LogP contribution >= 0.6 is 0 Å². The summed E-state index contributed by atoms with van der Waals surface area (Å²) in [6.45, 7) is 0.194. The molecule has 6 nitrogen and oxygen atoms in total. The molecule has 2 heterocycles. The third kappa shape index (κ3) is 1.20. The van der Waals surface area contributed by atoms with Crippen molar-refractivity contribution in [3.63, 3.8) is 0 Å². The van der Waals surface area contributed by atoms with Crippen LogP contribution in [0.1, 0.15) is 0 Å². The van der Waals surface area contributed by atoms with Crippen LogP contribution in [-0.4, -0.2) is 32.9 Å². The van der Waals surface area contributed by atoms with Gasteiger partial charge in [-0.2, -0.15) is 5.10 Å². The van der Waals surface area contributed by atoms with E-state index in [1.54, 1.807) is 18.5 Å². The maximum absolute atomic E-state index is 8.55. The Morgan fingerprint density at radius 2 is 2.46 bits per heavy atom. The Bertz CT molecular complexity index is 405. The van der Waals surface area contributed by atoms with Gasteiger partial charge in [-0.3, -0.25) is 0 Å². The monoisotopic (exact) mass is 182 g/mol. The van der Waals surface area contributed by atoms with E-state index in [1.165, 1.54) is 9.48 Å². The number of nitrogens with zero attached hydrogens (tertiary/aromatic N) is 3. The Kier molecular flexibility index (Phi) is 1.82. The zero-order valence-corrected chi connectivity index (χ0v) is 6.92. The Morgan fingerprint density at radius 1 is 1.62 bits per heavy atom. The average molecular weight is 182 g/mol. The maximum atomic E-state index is 8.55. The highest BCUT2D eigenvalue weighted by Gasteiger charge is 2.04. The standard InChI is InChI=1S/C7H10N4O2/c8-6-5-9-11-7(6)1-2-10(11)13-4-3-12/h1-2,5,12H,3-4,8H2. The van der Waals surface area contributed by atoms with Gasteiger partial charge in [-0.15, -0.1) is 9.48 Å². The summed E-state index contributed by atoms with van der Waals surface area (Å²) < 4.78 is 1.52. The molecule has 0 radical (unpaired) electrons. The Balaban J connectivity index is 2.35. The van der Waals surface area contributed by atoms with E-state index in [-0.39, 0.29) is 13.2 Å². The number of aromatic nitrogens is 3. The van der Waals surface area contributed by atoms with E-state index < -0.39 is 0 Å². The summed E-state index contributed by atoms with van der Waals surface area (Å²) in [6.07, 6.45) is 3.24. The van der Waals surface area contributed by atoms with Crippen LogP contribution in [0.5, 0.6) is 0 Å². The number of rotatable bonds is 3. The summed E-state index contributed by atoms with van der Waals surface area (Å²) in [5.74, 6) is 0. The smallest absolute Gasteiger partial charge is 0.140 e. The fraction of sp³-hybridized carbons (Fsp3) is 0.286. The van der Waals surface area contributed by atoms with Crippen molar-refractivity contribution in [3.05, 3.63) is 18.5 Å². The molecule has 0 amide bonds. The maximum Gasteiger partial charge on any atom is 0.140 e. The molecule has 0 atom stereocenters. The zero-order valence-electron chi connectivity index (χ0n) is 6.92. The van der Waals surface area contributed by atoms with E-state index >= 15 is 0 Å². The summed E-state index contributed by atoms with van der Waals surface area (Å²) >= 11 is 0. The van der Waals surface area contributed by atoms with Crippen molar-refractivity contribution in [1.29, 1.82) is 0 Å². The third-order valence-electron chi connectivity index (χ3n) is 1.68. The van der Waals surface area contributed by atoms with Gasteiger partial charge in [0, 0.05) is 0 Å². The summed E-state index contributed by atoms with van der Waals surface area (Å²) in [4.78, 5) is 6.55. The molecule has 13 heavy (non-hydrogen) atoms. The molecule has 0 spiro atoms. The molecule has 2 aromatic rings. The van der Waals surface area contributed by atoms with Crippen LogP contribution in [-0.2, 0) is 0 Å². The van der Waals surface area contributed by atoms with Gasteiger partial charge in [-0.1, -0.05) is 0 Å². The number of anilines is 1. The van der Waals surface area contributed by atoms with Crippen molar-refractivity contribution < 1.29 is 9.94 Å². The van der Waals surface area contributed by atoms with E-state index in [0.29, 0.717) is 5.69 Å². The molecule has 70 valence electrons. The molecule has 0 fully saturated rings. The highest BCUT2D eigenvalue weighted by molar-refractivity contribution is 5.67. The van der Waals surface area contributed by atoms with Crippen molar-refractivity contribution in [2.24, 2.45) is 0 Å². The van der Waals surface area contributed by atoms with Crippen molar-refractivity contribution in [3.8, 4) is 0 Å². The third-order valence-corrected chi connectivity index (χ3v) is 1.68. The minimum Gasteiger partial charge on any atom is -0.396 e. The second-order valence-corrected chi connectivity index (χ2v) is 2.55. The van der Waals surface area contributed by atoms with Crippen molar-refractivity contribution in [2.75, 3.05) is 18.9 Å². The lowest BCUT2D eigenvalue weighted by Gasteiger charge is -2.03. The van der Waals surface area contributed by atoms with Crippen molar-refractivity contribution >= 4 is 11.2 Å². The summed E-state index contributed by atoms with van der Waals surface area (Å²) in [6, 6.07) is 1.79. The van der Waals surface area contributed by atoms with E-state index in [1.807, 2.05) is 0 Å². The van der Waals surface area contributed by atoms with E-state index in [2.05, 4.69) is 5.10 Å². The first-order chi connectivity index (χ1) is 6.33. The SMILES string of the molecule is Nc1cnn2c1ccn2OCCO. The summed E-state index contributed by atoms with van der Waals surface area (Å²) in [5, 5.41) is 12.5. The van der Waals surface area contributed by atoms with Gasteiger partial charge in [0.05, 0.1) is 24.7 Å². The van der Waals surface area contributed by atoms with E-state index in [4.69, 9.17) is 15.7 Å². The van der Waals surface area contributed by atoms with Gasteiger partial charge < -0.3 is 15.7 Å². The normalized spacial score (nSPS) is 10.8. The van der Waals surface area contributed by atoms with Gasteiger partial charge in [-0.05, 0) is 6.07 Å². The molecule has 0 bridgehead atoms. The van der Waals surface area contributed by atoms with Gasteiger partial charge in [0.15, 0.2) is 0 Å². The fourth-order valence-electron chi connectivity index (χ4n) is 1.11. The number of hydrogen-bond acceptors (Lipinski definition) is 4. The second-order valence-electron chi connectivity index (χ2n) is 2.55. The topological polar surface area (TPSA) is 77.7 Å². The quantitative estimate of drug-likeness (QED) is 0.647. The lowest BCUT2D eigenvalue weighted by atomic mass is 10.4. The molecule has 6 heteroatoms. The number of aliphatic hydroxyl groups excluding tert-OH is 1. The number of aliphatic hydroxyl groups is 1. The number of nitrogen functional groups attached to an aromatic ring is 1. The Hall–Kier alpha value is -1.69. The van der Waals surface area contributed by atoms with Crippen LogP contribution in [0.4, 0.5) is 5.69 Å². The highest BCUT2D eigenvalue weighted by atomic mass is 16.7. The minimum atomic E-state index is -0.0313. The molecular formula is C7H10N4O2.